The first-order valence-electron chi connectivity index (χ1n) is 6.20. The van der Waals surface area contributed by atoms with Crippen molar-refractivity contribution in [2.45, 2.75) is 25.9 Å². The molecule has 0 radical (unpaired) electrons. The Morgan fingerprint density at radius 3 is 2.47 bits per heavy atom. The fraction of sp³-hybridized carbons (Fsp3) is 0.267. The van der Waals surface area contributed by atoms with Crippen molar-refractivity contribution in [2.75, 3.05) is 0 Å². The normalized spacial score (nSPS) is 14.1. The van der Waals surface area contributed by atoms with E-state index in [-0.39, 0.29) is 12.1 Å². The molecule has 1 heterocycles. The maximum Gasteiger partial charge on any atom is 0.0570 e. The lowest BCUT2D eigenvalue weighted by atomic mass is 10.1. The smallest absolute Gasteiger partial charge is 0.0570 e. The van der Waals surface area contributed by atoms with Gasteiger partial charge in [0.1, 0.15) is 0 Å². The lowest BCUT2D eigenvalue weighted by Crippen LogP contribution is -2.23. The maximum atomic E-state index is 6.21. The van der Waals surface area contributed by atoms with Gasteiger partial charge in [0.15, 0.2) is 0 Å². The van der Waals surface area contributed by atoms with Gasteiger partial charge in [0.2, 0.25) is 0 Å². The number of hydrogen-bond acceptors (Lipinski definition) is 2. The minimum Gasteiger partial charge on any atom is -0.302 e. The Morgan fingerprint density at radius 2 is 1.84 bits per heavy atom. The molecular formula is C15H16Cl2N2. The number of benzene rings is 1. The summed E-state index contributed by atoms with van der Waals surface area (Å²) in [6.07, 6.45) is 1.80. The Labute approximate surface area is 123 Å². The molecule has 0 aliphatic carbocycles. The second-order valence-corrected chi connectivity index (χ2v) is 5.37. The highest BCUT2D eigenvalue weighted by Gasteiger charge is 2.14. The number of halogens is 2. The predicted octanol–water partition coefficient (Wildman–Crippen LogP) is 4.80. The maximum absolute atomic E-state index is 6.21. The van der Waals surface area contributed by atoms with E-state index >= 15 is 0 Å². The zero-order chi connectivity index (χ0) is 13.8. The van der Waals surface area contributed by atoms with Crippen molar-refractivity contribution in [3.05, 3.63) is 63.9 Å². The molecule has 0 aliphatic heterocycles. The SMILES string of the molecule is CC(NC(C)c1ccc(Cl)cc1Cl)c1ccccn1. The summed E-state index contributed by atoms with van der Waals surface area (Å²) in [5.74, 6) is 0. The first kappa shape index (κ1) is 14.3. The van der Waals surface area contributed by atoms with Gasteiger partial charge in [-0.1, -0.05) is 35.3 Å². The molecule has 2 rings (SSSR count). The molecule has 19 heavy (non-hydrogen) atoms. The van der Waals surface area contributed by atoms with E-state index in [9.17, 15) is 0 Å². The summed E-state index contributed by atoms with van der Waals surface area (Å²) in [5.41, 5.74) is 2.05. The summed E-state index contributed by atoms with van der Waals surface area (Å²) in [6, 6.07) is 11.8. The predicted molar refractivity (Wildman–Crippen MR) is 80.7 cm³/mol. The molecule has 100 valence electrons. The Balaban J connectivity index is 2.10. The van der Waals surface area contributed by atoms with Crippen LogP contribution in [0.2, 0.25) is 10.0 Å². The molecule has 0 fully saturated rings. The summed E-state index contributed by atoms with van der Waals surface area (Å²) in [4.78, 5) is 4.35. The highest BCUT2D eigenvalue weighted by atomic mass is 35.5. The third-order valence-corrected chi connectivity index (χ3v) is 3.62. The average Bonchev–Trinajstić information content (AvgIpc) is 2.39. The summed E-state index contributed by atoms with van der Waals surface area (Å²) in [5, 5.41) is 4.82. The van der Waals surface area contributed by atoms with E-state index in [4.69, 9.17) is 23.2 Å². The van der Waals surface area contributed by atoms with Gasteiger partial charge in [0, 0.05) is 28.3 Å². The van der Waals surface area contributed by atoms with Crippen LogP contribution in [0.4, 0.5) is 0 Å². The first-order chi connectivity index (χ1) is 9.08. The van der Waals surface area contributed by atoms with E-state index in [0.717, 1.165) is 11.3 Å². The molecule has 0 saturated heterocycles. The standard InChI is InChI=1S/C15H16Cl2N2/c1-10(13-7-6-12(16)9-14(13)17)19-11(2)15-5-3-4-8-18-15/h3-11,19H,1-2H3. The van der Waals surface area contributed by atoms with Gasteiger partial charge in [-0.15, -0.1) is 0 Å². The van der Waals surface area contributed by atoms with Crippen molar-refractivity contribution in [3.63, 3.8) is 0 Å². The van der Waals surface area contributed by atoms with Crippen molar-refractivity contribution in [2.24, 2.45) is 0 Å². The van der Waals surface area contributed by atoms with Crippen LogP contribution in [0.15, 0.2) is 42.6 Å². The Morgan fingerprint density at radius 1 is 1.05 bits per heavy atom. The zero-order valence-electron chi connectivity index (χ0n) is 10.9. The topological polar surface area (TPSA) is 24.9 Å². The minimum absolute atomic E-state index is 0.127. The van der Waals surface area contributed by atoms with E-state index in [0.29, 0.717) is 10.0 Å². The number of nitrogens with zero attached hydrogens (tertiary/aromatic N) is 1. The molecule has 0 amide bonds. The van der Waals surface area contributed by atoms with E-state index in [1.54, 1.807) is 12.3 Å². The molecule has 0 saturated carbocycles. The highest BCUT2D eigenvalue weighted by molar-refractivity contribution is 6.35. The lowest BCUT2D eigenvalue weighted by molar-refractivity contribution is 0.486. The third-order valence-electron chi connectivity index (χ3n) is 3.06. The third kappa shape index (κ3) is 3.69. The van der Waals surface area contributed by atoms with E-state index in [2.05, 4.69) is 24.1 Å². The van der Waals surface area contributed by atoms with E-state index in [1.807, 2.05) is 30.3 Å². The van der Waals surface area contributed by atoms with Crippen molar-refractivity contribution in [1.82, 2.24) is 10.3 Å². The van der Waals surface area contributed by atoms with Gasteiger partial charge >= 0.3 is 0 Å². The summed E-state index contributed by atoms with van der Waals surface area (Å²) in [6.45, 7) is 4.16. The van der Waals surface area contributed by atoms with Gasteiger partial charge < -0.3 is 5.32 Å². The summed E-state index contributed by atoms with van der Waals surface area (Å²) in [7, 11) is 0. The second-order valence-electron chi connectivity index (χ2n) is 4.53. The van der Waals surface area contributed by atoms with Crippen LogP contribution in [0.25, 0.3) is 0 Å². The molecule has 2 atom stereocenters. The molecule has 4 heteroatoms. The van der Waals surface area contributed by atoms with Crippen LogP contribution < -0.4 is 5.32 Å². The average molecular weight is 295 g/mol. The molecular weight excluding hydrogens is 279 g/mol. The van der Waals surface area contributed by atoms with Crippen LogP contribution in [0.3, 0.4) is 0 Å². The Bertz CT molecular complexity index is 543. The van der Waals surface area contributed by atoms with Gasteiger partial charge in [0.25, 0.3) is 0 Å². The summed E-state index contributed by atoms with van der Waals surface area (Å²) < 4.78 is 0. The molecule has 0 spiro atoms. The largest absolute Gasteiger partial charge is 0.302 e. The molecule has 1 N–H and O–H groups in total. The summed E-state index contributed by atoms with van der Waals surface area (Å²) >= 11 is 12.1. The number of nitrogens with one attached hydrogen (secondary N) is 1. The molecule has 0 bridgehead atoms. The molecule has 1 aromatic carbocycles. The number of hydrogen-bond donors (Lipinski definition) is 1. The van der Waals surface area contributed by atoms with Crippen LogP contribution in [0.1, 0.15) is 37.2 Å². The Hall–Kier alpha value is -1.09. The number of rotatable bonds is 4. The van der Waals surface area contributed by atoms with Crippen molar-refractivity contribution >= 4 is 23.2 Å². The quantitative estimate of drug-likeness (QED) is 0.876. The lowest BCUT2D eigenvalue weighted by Gasteiger charge is -2.21. The Kier molecular flexibility index (Phi) is 4.81. The van der Waals surface area contributed by atoms with Crippen molar-refractivity contribution < 1.29 is 0 Å². The first-order valence-corrected chi connectivity index (χ1v) is 6.95. The molecule has 1 aromatic heterocycles. The minimum atomic E-state index is 0.127. The van der Waals surface area contributed by atoms with Crippen LogP contribution >= 0.6 is 23.2 Å². The van der Waals surface area contributed by atoms with Crippen LogP contribution in [0.5, 0.6) is 0 Å². The fourth-order valence-electron chi connectivity index (χ4n) is 2.03. The van der Waals surface area contributed by atoms with Gasteiger partial charge in [-0.25, -0.2) is 0 Å². The fourth-order valence-corrected chi connectivity index (χ4v) is 2.61. The zero-order valence-corrected chi connectivity index (χ0v) is 12.4. The van der Waals surface area contributed by atoms with Gasteiger partial charge in [-0.2, -0.15) is 0 Å². The number of pyridine rings is 1. The van der Waals surface area contributed by atoms with E-state index in [1.165, 1.54) is 0 Å². The molecule has 0 aliphatic rings. The molecule has 2 unspecified atom stereocenters. The van der Waals surface area contributed by atoms with E-state index < -0.39 is 0 Å². The van der Waals surface area contributed by atoms with Crippen molar-refractivity contribution in [1.29, 1.82) is 0 Å². The number of aromatic nitrogens is 1. The van der Waals surface area contributed by atoms with Gasteiger partial charge in [0.05, 0.1) is 5.69 Å². The second kappa shape index (κ2) is 6.38. The van der Waals surface area contributed by atoms with Crippen molar-refractivity contribution in [3.8, 4) is 0 Å². The highest BCUT2D eigenvalue weighted by Crippen LogP contribution is 2.27. The van der Waals surface area contributed by atoms with Crippen LogP contribution in [-0.2, 0) is 0 Å². The van der Waals surface area contributed by atoms with Crippen LogP contribution in [0, 0.1) is 0 Å². The molecule has 2 aromatic rings. The van der Waals surface area contributed by atoms with Gasteiger partial charge in [-0.05, 0) is 43.7 Å². The molecule has 2 nitrogen and oxygen atoms in total. The monoisotopic (exact) mass is 294 g/mol. The van der Waals surface area contributed by atoms with Gasteiger partial charge in [-0.3, -0.25) is 4.98 Å². The van der Waals surface area contributed by atoms with Crippen LogP contribution in [-0.4, -0.2) is 4.98 Å².